The summed E-state index contributed by atoms with van der Waals surface area (Å²) in [5.74, 6) is 0.803. The molecule has 20 heavy (non-hydrogen) atoms. The van der Waals surface area contributed by atoms with Gasteiger partial charge in [-0.3, -0.25) is 9.67 Å². The first-order valence-corrected chi connectivity index (χ1v) is 6.66. The minimum absolute atomic E-state index is 0.706. The summed E-state index contributed by atoms with van der Waals surface area (Å²) in [5, 5.41) is 10.7. The molecule has 0 saturated heterocycles. The first kappa shape index (κ1) is 14.1. The highest BCUT2D eigenvalue weighted by atomic mass is 15.3. The van der Waals surface area contributed by atoms with Crippen LogP contribution in [0.3, 0.4) is 0 Å². The molecule has 0 aromatic carbocycles. The Morgan fingerprint density at radius 1 is 1.35 bits per heavy atom. The van der Waals surface area contributed by atoms with Crippen molar-refractivity contribution in [2.45, 2.75) is 19.5 Å². The van der Waals surface area contributed by atoms with Gasteiger partial charge < -0.3 is 15.2 Å². The number of nitrogens with zero attached hydrogens (tertiary/aromatic N) is 5. The van der Waals surface area contributed by atoms with Crippen LogP contribution in [0.25, 0.3) is 0 Å². The molecule has 7 heteroatoms. The molecular formula is C13H21N7. The van der Waals surface area contributed by atoms with E-state index in [0.717, 1.165) is 31.2 Å². The number of aliphatic imine (C=N–C) groups is 1. The maximum Gasteiger partial charge on any atom is 0.191 e. The maximum absolute atomic E-state index is 4.20. The average Bonchev–Trinajstić information content (AvgIpc) is 3.10. The fourth-order valence-electron chi connectivity index (χ4n) is 1.86. The predicted molar refractivity (Wildman–Crippen MR) is 78.3 cm³/mol. The third-order valence-corrected chi connectivity index (χ3v) is 3.03. The van der Waals surface area contributed by atoms with E-state index in [1.54, 1.807) is 19.4 Å². The van der Waals surface area contributed by atoms with Crippen LogP contribution in [0, 0.1) is 0 Å². The van der Waals surface area contributed by atoms with Crippen LogP contribution < -0.4 is 10.6 Å². The van der Waals surface area contributed by atoms with Gasteiger partial charge >= 0.3 is 0 Å². The van der Waals surface area contributed by atoms with Crippen molar-refractivity contribution in [3.05, 3.63) is 36.7 Å². The molecule has 0 unspecified atom stereocenters. The van der Waals surface area contributed by atoms with E-state index < -0.39 is 0 Å². The zero-order valence-electron chi connectivity index (χ0n) is 12.0. The van der Waals surface area contributed by atoms with E-state index in [-0.39, 0.29) is 0 Å². The van der Waals surface area contributed by atoms with Crippen LogP contribution in [0.4, 0.5) is 0 Å². The summed E-state index contributed by atoms with van der Waals surface area (Å²) in [4.78, 5) is 8.21. The second-order valence-corrected chi connectivity index (χ2v) is 4.45. The number of aromatic nitrogens is 4. The molecule has 0 aliphatic rings. The molecule has 2 aromatic heterocycles. The van der Waals surface area contributed by atoms with Crippen molar-refractivity contribution >= 4 is 5.96 Å². The highest BCUT2D eigenvalue weighted by molar-refractivity contribution is 5.79. The molecule has 2 rings (SSSR count). The summed E-state index contributed by atoms with van der Waals surface area (Å²) in [5.41, 5.74) is 1.12. The lowest BCUT2D eigenvalue weighted by atomic mass is 10.4. The van der Waals surface area contributed by atoms with E-state index in [2.05, 4.69) is 30.3 Å². The molecule has 0 spiro atoms. The lowest BCUT2D eigenvalue weighted by Gasteiger charge is -2.12. The van der Waals surface area contributed by atoms with Crippen molar-refractivity contribution in [3.8, 4) is 0 Å². The largest absolute Gasteiger partial charge is 0.356 e. The van der Waals surface area contributed by atoms with Crippen LogP contribution in [0.15, 0.2) is 36.0 Å². The van der Waals surface area contributed by atoms with Crippen LogP contribution in [0.5, 0.6) is 0 Å². The summed E-state index contributed by atoms with van der Waals surface area (Å²) < 4.78 is 3.91. The molecule has 0 atom stereocenters. The number of rotatable bonds is 6. The topological polar surface area (TPSA) is 72.1 Å². The molecular weight excluding hydrogens is 254 g/mol. The number of aryl methyl sites for hydroxylation is 2. The molecule has 2 aromatic rings. The molecule has 0 radical (unpaired) electrons. The number of hydrogen-bond donors (Lipinski definition) is 2. The van der Waals surface area contributed by atoms with E-state index >= 15 is 0 Å². The van der Waals surface area contributed by atoms with Crippen LogP contribution in [-0.2, 0) is 20.1 Å². The van der Waals surface area contributed by atoms with E-state index in [4.69, 9.17) is 0 Å². The Morgan fingerprint density at radius 3 is 2.90 bits per heavy atom. The maximum atomic E-state index is 4.20. The van der Waals surface area contributed by atoms with Crippen molar-refractivity contribution in [2.75, 3.05) is 13.6 Å². The molecule has 2 heterocycles. The van der Waals surface area contributed by atoms with Crippen LogP contribution in [-0.4, -0.2) is 38.9 Å². The fraction of sp³-hybridized carbons (Fsp3) is 0.462. The highest BCUT2D eigenvalue weighted by Gasteiger charge is 2.01. The van der Waals surface area contributed by atoms with Gasteiger partial charge in [-0.2, -0.15) is 5.10 Å². The zero-order chi connectivity index (χ0) is 14.2. The average molecular weight is 275 g/mol. The Morgan fingerprint density at radius 2 is 2.25 bits per heavy atom. The van der Waals surface area contributed by atoms with Crippen LogP contribution in [0.1, 0.15) is 12.1 Å². The van der Waals surface area contributed by atoms with E-state index in [0.29, 0.717) is 6.54 Å². The first-order valence-electron chi connectivity index (χ1n) is 6.66. The zero-order valence-corrected chi connectivity index (χ0v) is 12.0. The van der Waals surface area contributed by atoms with Gasteiger partial charge in [0.25, 0.3) is 0 Å². The van der Waals surface area contributed by atoms with E-state index in [9.17, 15) is 0 Å². The minimum Gasteiger partial charge on any atom is -0.356 e. The Labute approximate surface area is 118 Å². The molecule has 0 amide bonds. The number of imidazole rings is 1. The van der Waals surface area contributed by atoms with Crippen molar-refractivity contribution in [3.63, 3.8) is 0 Å². The first-order chi connectivity index (χ1) is 9.79. The van der Waals surface area contributed by atoms with E-state index in [1.165, 1.54) is 0 Å². The molecule has 108 valence electrons. The van der Waals surface area contributed by atoms with Gasteiger partial charge in [0.2, 0.25) is 0 Å². The molecule has 7 nitrogen and oxygen atoms in total. The standard InChI is InChI=1S/C13H21N7/c1-14-13(17-10-12-4-6-18-19(12)2)16-5-3-8-20-9-7-15-11-20/h4,6-7,9,11H,3,5,8,10H2,1-2H3,(H2,14,16,17). The van der Waals surface area contributed by atoms with Gasteiger partial charge in [0.05, 0.1) is 18.6 Å². The lowest BCUT2D eigenvalue weighted by molar-refractivity contribution is 0.621. The Hall–Kier alpha value is -2.31. The van der Waals surface area contributed by atoms with E-state index in [1.807, 2.05) is 30.3 Å². The molecule has 0 fully saturated rings. The summed E-state index contributed by atoms with van der Waals surface area (Å²) in [6, 6.07) is 1.99. The quantitative estimate of drug-likeness (QED) is 0.454. The summed E-state index contributed by atoms with van der Waals surface area (Å²) in [6.45, 7) is 2.52. The molecule has 0 bridgehead atoms. The summed E-state index contributed by atoms with van der Waals surface area (Å²) in [7, 11) is 3.70. The van der Waals surface area contributed by atoms with Crippen molar-refractivity contribution in [1.29, 1.82) is 0 Å². The summed E-state index contributed by atoms with van der Waals surface area (Å²) in [6.07, 6.45) is 8.40. The van der Waals surface area contributed by atoms with Gasteiger partial charge in [0, 0.05) is 45.8 Å². The molecule has 0 aliphatic carbocycles. The van der Waals surface area contributed by atoms with Gasteiger partial charge in [-0.05, 0) is 12.5 Å². The second kappa shape index (κ2) is 7.32. The molecule has 0 aliphatic heterocycles. The Kier molecular flexibility index (Phi) is 5.16. The van der Waals surface area contributed by atoms with Gasteiger partial charge in [-0.1, -0.05) is 0 Å². The lowest BCUT2D eigenvalue weighted by Crippen LogP contribution is -2.37. The second-order valence-electron chi connectivity index (χ2n) is 4.45. The van der Waals surface area contributed by atoms with Gasteiger partial charge in [0.15, 0.2) is 5.96 Å². The van der Waals surface area contributed by atoms with Crippen molar-refractivity contribution < 1.29 is 0 Å². The summed E-state index contributed by atoms with van der Waals surface area (Å²) >= 11 is 0. The number of nitrogens with one attached hydrogen (secondary N) is 2. The van der Waals surface area contributed by atoms with Crippen molar-refractivity contribution in [2.24, 2.45) is 12.0 Å². The third kappa shape index (κ3) is 4.11. The van der Waals surface area contributed by atoms with Crippen molar-refractivity contribution in [1.82, 2.24) is 30.0 Å². The molecule has 0 saturated carbocycles. The minimum atomic E-state index is 0.706. The van der Waals surface area contributed by atoms with Gasteiger partial charge in [-0.15, -0.1) is 0 Å². The molecule has 2 N–H and O–H groups in total. The van der Waals surface area contributed by atoms with Gasteiger partial charge in [-0.25, -0.2) is 4.98 Å². The van der Waals surface area contributed by atoms with Crippen LogP contribution in [0.2, 0.25) is 0 Å². The van der Waals surface area contributed by atoms with Gasteiger partial charge in [0.1, 0.15) is 0 Å². The van der Waals surface area contributed by atoms with Crippen LogP contribution >= 0.6 is 0 Å². The smallest absolute Gasteiger partial charge is 0.191 e. The monoisotopic (exact) mass is 275 g/mol. The third-order valence-electron chi connectivity index (χ3n) is 3.03. The Balaban J connectivity index is 1.66. The number of guanidine groups is 1. The SMILES string of the molecule is CN=C(NCCCn1ccnc1)NCc1ccnn1C. The highest BCUT2D eigenvalue weighted by Crippen LogP contribution is 1.94. The number of hydrogen-bond acceptors (Lipinski definition) is 3. The fourth-order valence-corrected chi connectivity index (χ4v) is 1.86. The Bertz CT molecular complexity index is 527. The predicted octanol–water partition coefficient (Wildman–Crippen LogP) is 0.372. The normalized spacial score (nSPS) is 11.6.